The van der Waals surface area contributed by atoms with Gasteiger partial charge < -0.3 is 15.6 Å². The molecule has 15 heavy (non-hydrogen) atoms. The standard InChI is InChI=1S/C10H18N4O/c1-8(2)9(11)10(15)13-4-6-14-5-3-12-7-14/h3,5,7-9H,4,6,11H2,1-2H3,(H,13,15)/t9-/m0/s1. The Labute approximate surface area is 89.7 Å². The van der Waals surface area contributed by atoms with Crippen molar-refractivity contribution in [3.63, 3.8) is 0 Å². The second-order valence-electron chi connectivity index (χ2n) is 3.86. The van der Waals surface area contributed by atoms with Gasteiger partial charge in [0.05, 0.1) is 12.4 Å². The van der Waals surface area contributed by atoms with Gasteiger partial charge in [0.1, 0.15) is 0 Å². The number of aromatic nitrogens is 2. The smallest absolute Gasteiger partial charge is 0.237 e. The molecule has 0 bridgehead atoms. The average molecular weight is 210 g/mol. The third-order valence-electron chi connectivity index (χ3n) is 2.25. The highest BCUT2D eigenvalue weighted by molar-refractivity contribution is 5.81. The molecule has 84 valence electrons. The first-order valence-electron chi connectivity index (χ1n) is 5.10. The summed E-state index contributed by atoms with van der Waals surface area (Å²) in [6, 6.07) is -0.423. The van der Waals surface area contributed by atoms with E-state index in [1.807, 2.05) is 24.6 Å². The topological polar surface area (TPSA) is 72.9 Å². The van der Waals surface area contributed by atoms with Crippen LogP contribution in [-0.2, 0) is 11.3 Å². The third kappa shape index (κ3) is 3.71. The van der Waals surface area contributed by atoms with Crippen LogP contribution >= 0.6 is 0 Å². The fraction of sp³-hybridized carbons (Fsp3) is 0.600. The van der Waals surface area contributed by atoms with Crippen molar-refractivity contribution < 1.29 is 4.79 Å². The van der Waals surface area contributed by atoms with Gasteiger partial charge in [-0.25, -0.2) is 4.98 Å². The zero-order valence-corrected chi connectivity index (χ0v) is 9.18. The summed E-state index contributed by atoms with van der Waals surface area (Å²) in [6.07, 6.45) is 5.28. The second-order valence-corrected chi connectivity index (χ2v) is 3.86. The molecule has 0 unspecified atom stereocenters. The first-order chi connectivity index (χ1) is 7.11. The van der Waals surface area contributed by atoms with Crippen LogP contribution in [0.1, 0.15) is 13.8 Å². The molecule has 1 atom stereocenters. The predicted octanol–water partition coefficient (Wildman–Crippen LogP) is -0.0174. The molecule has 1 aromatic rings. The molecule has 3 N–H and O–H groups in total. The van der Waals surface area contributed by atoms with E-state index < -0.39 is 6.04 Å². The van der Waals surface area contributed by atoms with E-state index in [2.05, 4.69) is 10.3 Å². The fourth-order valence-corrected chi connectivity index (χ4v) is 1.15. The number of carbonyl (C=O) groups excluding carboxylic acids is 1. The van der Waals surface area contributed by atoms with Crippen molar-refractivity contribution in [1.29, 1.82) is 0 Å². The normalized spacial score (nSPS) is 12.8. The summed E-state index contributed by atoms with van der Waals surface area (Å²) in [4.78, 5) is 15.4. The minimum Gasteiger partial charge on any atom is -0.353 e. The maximum Gasteiger partial charge on any atom is 0.237 e. The van der Waals surface area contributed by atoms with Gasteiger partial charge in [-0.1, -0.05) is 13.8 Å². The van der Waals surface area contributed by atoms with Gasteiger partial charge in [-0.3, -0.25) is 4.79 Å². The summed E-state index contributed by atoms with van der Waals surface area (Å²) in [5.41, 5.74) is 5.69. The first kappa shape index (κ1) is 11.7. The van der Waals surface area contributed by atoms with E-state index in [1.165, 1.54) is 0 Å². The Morgan fingerprint density at radius 2 is 2.33 bits per heavy atom. The molecule has 0 saturated carbocycles. The summed E-state index contributed by atoms with van der Waals surface area (Å²) in [7, 11) is 0. The molecule has 1 rings (SSSR count). The van der Waals surface area contributed by atoms with Crippen LogP contribution in [-0.4, -0.2) is 28.0 Å². The molecule has 1 heterocycles. The second kappa shape index (κ2) is 5.50. The highest BCUT2D eigenvalue weighted by atomic mass is 16.2. The van der Waals surface area contributed by atoms with Crippen LogP contribution < -0.4 is 11.1 Å². The first-order valence-corrected chi connectivity index (χ1v) is 5.10. The Morgan fingerprint density at radius 3 is 2.87 bits per heavy atom. The minimum atomic E-state index is -0.423. The van der Waals surface area contributed by atoms with Gasteiger partial charge in [-0.15, -0.1) is 0 Å². The number of imidazole rings is 1. The summed E-state index contributed by atoms with van der Waals surface area (Å²) in [5, 5.41) is 2.79. The Balaban J connectivity index is 2.23. The molecule has 0 radical (unpaired) electrons. The van der Waals surface area contributed by atoms with Crippen LogP contribution in [0.4, 0.5) is 0 Å². The van der Waals surface area contributed by atoms with E-state index >= 15 is 0 Å². The summed E-state index contributed by atoms with van der Waals surface area (Å²) in [5.74, 6) is 0.0726. The van der Waals surface area contributed by atoms with Gasteiger partial charge in [0.2, 0.25) is 5.91 Å². The van der Waals surface area contributed by atoms with Crippen molar-refractivity contribution in [2.75, 3.05) is 6.54 Å². The number of nitrogens with one attached hydrogen (secondary N) is 1. The quantitative estimate of drug-likeness (QED) is 0.717. The van der Waals surface area contributed by atoms with E-state index in [-0.39, 0.29) is 11.8 Å². The molecular weight excluding hydrogens is 192 g/mol. The lowest BCUT2D eigenvalue weighted by Gasteiger charge is -2.15. The molecule has 0 saturated heterocycles. The molecule has 1 amide bonds. The molecule has 5 nitrogen and oxygen atoms in total. The Morgan fingerprint density at radius 1 is 1.60 bits per heavy atom. The molecule has 5 heteroatoms. The van der Waals surface area contributed by atoms with Crippen LogP contribution in [0.3, 0.4) is 0 Å². The average Bonchev–Trinajstić information content (AvgIpc) is 2.69. The van der Waals surface area contributed by atoms with Crippen molar-refractivity contribution in [2.45, 2.75) is 26.4 Å². The fourth-order valence-electron chi connectivity index (χ4n) is 1.15. The Hall–Kier alpha value is -1.36. The van der Waals surface area contributed by atoms with Crippen molar-refractivity contribution in [1.82, 2.24) is 14.9 Å². The number of rotatable bonds is 5. The van der Waals surface area contributed by atoms with Crippen LogP contribution in [0.25, 0.3) is 0 Å². The van der Waals surface area contributed by atoms with Gasteiger partial charge in [-0.2, -0.15) is 0 Å². The largest absolute Gasteiger partial charge is 0.353 e. The molecule has 0 aliphatic carbocycles. The maximum absolute atomic E-state index is 11.5. The Bertz CT molecular complexity index is 294. The SMILES string of the molecule is CC(C)[C@H](N)C(=O)NCCn1ccnc1. The van der Waals surface area contributed by atoms with Crippen molar-refractivity contribution in [2.24, 2.45) is 11.7 Å². The zero-order chi connectivity index (χ0) is 11.3. The predicted molar refractivity (Wildman–Crippen MR) is 58.1 cm³/mol. The van der Waals surface area contributed by atoms with Gasteiger partial charge in [0, 0.05) is 25.5 Å². The number of nitrogens with zero attached hydrogens (tertiary/aromatic N) is 2. The van der Waals surface area contributed by atoms with Crippen molar-refractivity contribution >= 4 is 5.91 Å². The lowest BCUT2D eigenvalue weighted by molar-refractivity contribution is -0.123. The zero-order valence-electron chi connectivity index (χ0n) is 9.18. The summed E-state index contributed by atoms with van der Waals surface area (Å²) < 4.78 is 1.90. The molecule has 0 aliphatic rings. The highest BCUT2D eigenvalue weighted by Gasteiger charge is 2.15. The van der Waals surface area contributed by atoms with Crippen LogP contribution in [0.5, 0.6) is 0 Å². The van der Waals surface area contributed by atoms with Gasteiger partial charge in [0.15, 0.2) is 0 Å². The van der Waals surface area contributed by atoms with Crippen LogP contribution in [0.15, 0.2) is 18.7 Å². The monoisotopic (exact) mass is 210 g/mol. The highest BCUT2D eigenvalue weighted by Crippen LogP contribution is 1.97. The lowest BCUT2D eigenvalue weighted by atomic mass is 10.1. The molecule has 0 aliphatic heterocycles. The number of hydrogen-bond acceptors (Lipinski definition) is 3. The van der Waals surface area contributed by atoms with Crippen molar-refractivity contribution in [3.05, 3.63) is 18.7 Å². The van der Waals surface area contributed by atoms with E-state index in [9.17, 15) is 4.79 Å². The molecule has 0 fully saturated rings. The molecule has 1 aromatic heterocycles. The minimum absolute atomic E-state index is 0.0925. The van der Waals surface area contributed by atoms with E-state index in [0.29, 0.717) is 6.54 Å². The van der Waals surface area contributed by atoms with E-state index in [1.54, 1.807) is 12.5 Å². The Kier molecular flexibility index (Phi) is 4.30. The van der Waals surface area contributed by atoms with Crippen LogP contribution in [0, 0.1) is 5.92 Å². The van der Waals surface area contributed by atoms with Gasteiger partial charge in [-0.05, 0) is 5.92 Å². The summed E-state index contributed by atoms with van der Waals surface area (Å²) in [6.45, 7) is 5.16. The van der Waals surface area contributed by atoms with Gasteiger partial charge >= 0.3 is 0 Å². The molecule has 0 aromatic carbocycles. The molecular formula is C10H18N4O. The number of nitrogens with two attached hydrogens (primary N) is 1. The number of carbonyl (C=O) groups is 1. The third-order valence-corrected chi connectivity index (χ3v) is 2.25. The van der Waals surface area contributed by atoms with Crippen LogP contribution in [0.2, 0.25) is 0 Å². The van der Waals surface area contributed by atoms with E-state index in [0.717, 1.165) is 6.54 Å². The molecule has 0 spiro atoms. The van der Waals surface area contributed by atoms with Crippen molar-refractivity contribution in [3.8, 4) is 0 Å². The number of amides is 1. The summed E-state index contributed by atoms with van der Waals surface area (Å²) >= 11 is 0. The van der Waals surface area contributed by atoms with E-state index in [4.69, 9.17) is 5.73 Å². The van der Waals surface area contributed by atoms with Gasteiger partial charge in [0.25, 0.3) is 0 Å². The lowest BCUT2D eigenvalue weighted by Crippen LogP contribution is -2.44. The maximum atomic E-state index is 11.5. The number of hydrogen-bond donors (Lipinski definition) is 2.